The summed E-state index contributed by atoms with van der Waals surface area (Å²) in [5, 5.41) is 2.27. The minimum atomic E-state index is -1.35. The van der Waals surface area contributed by atoms with Crippen LogP contribution in [0, 0.1) is 0 Å². The first-order chi connectivity index (χ1) is 17.7. The summed E-state index contributed by atoms with van der Waals surface area (Å²) in [6.07, 6.45) is 0.380. The highest BCUT2D eigenvalue weighted by Crippen LogP contribution is 2.34. The monoisotopic (exact) mass is 466 g/mol. The van der Waals surface area contributed by atoms with Crippen molar-refractivity contribution in [1.29, 1.82) is 0 Å². The van der Waals surface area contributed by atoms with Gasteiger partial charge < -0.3 is 19.3 Å². The minimum Gasteiger partial charge on any atom is -0.489 e. The van der Waals surface area contributed by atoms with Gasteiger partial charge in [0, 0.05) is 30.6 Å². The molecular weight excluding hydrogens is 438 g/mol. The first kappa shape index (κ1) is 18.7. The van der Waals surface area contributed by atoms with Gasteiger partial charge in [-0.25, -0.2) is 0 Å². The smallest absolute Gasteiger partial charge is 0.255 e. The van der Waals surface area contributed by atoms with Crippen molar-refractivity contribution < 1.29 is 32.8 Å². The van der Waals surface area contributed by atoms with Crippen LogP contribution >= 0.6 is 0 Å². The van der Waals surface area contributed by atoms with E-state index in [1.807, 2.05) is 0 Å². The lowest BCUT2D eigenvalue weighted by atomic mass is 10.0. The van der Waals surface area contributed by atoms with Crippen LogP contribution in [0.5, 0.6) is 5.75 Å². The lowest BCUT2D eigenvalue weighted by Crippen LogP contribution is -2.52. The number of nitrogens with zero attached hydrogens (tertiary/aromatic N) is 2. The molecule has 0 aliphatic carbocycles. The number of imide groups is 1. The van der Waals surface area contributed by atoms with Crippen molar-refractivity contribution in [1.82, 2.24) is 15.1 Å². The van der Waals surface area contributed by atoms with Crippen molar-refractivity contribution in [2.24, 2.45) is 0 Å². The number of carbonyl (C=O) groups excluding carboxylic acids is 4. The molecule has 9 nitrogen and oxygen atoms in total. The van der Waals surface area contributed by atoms with Crippen LogP contribution in [-0.2, 0) is 38.8 Å². The highest BCUT2D eigenvalue weighted by Gasteiger charge is 2.40. The van der Waals surface area contributed by atoms with Crippen LogP contribution in [0.2, 0.25) is 0 Å². The van der Waals surface area contributed by atoms with Crippen LogP contribution in [0.25, 0.3) is 0 Å². The molecule has 4 amide bonds. The van der Waals surface area contributed by atoms with Gasteiger partial charge in [-0.3, -0.25) is 24.5 Å². The number of rotatable bonds is 6. The molecule has 0 radical (unpaired) electrons. The SMILES string of the molecule is [2H]c1c(CN2CCOCC2=O)ccc(C([2H])Oc2cccc3c2CN(C2CCC(=O)NC2=O)C3=O)c1[2H]. The number of hydrogen-bond acceptors (Lipinski definition) is 6. The van der Waals surface area contributed by atoms with Gasteiger partial charge in [0.25, 0.3) is 5.91 Å². The summed E-state index contributed by atoms with van der Waals surface area (Å²) in [4.78, 5) is 51.8. The Morgan fingerprint density at radius 1 is 1.15 bits per heavy atom. The molecule has 0 spiro atoms. The molecule has 2 fully saturated rings. The minimum absolute atomic E-state index is 0.00729. The van der Waals surface area contributed by atoms with Crippen molar-refractivity contribution in [3.8, 4) is 5.75 Å². The fourth-order valence-electron chi connectivity index (χ4n) is 4.30. The third-order valence-corrected chi connectivity index (χ3v) is 6.13. The molecular formula is C25H25N3O6. The maximum Gasteiger partial charge on any atom is 0.255 e. The quantitative estimate of drug-likeness (QED) is 0.645. The highest BCUT2D eigenvalue weighted by atomic mass is 16.5. The first-order valence-electron chi connectivity index (χ1n) is 12.6. The Balaban J connectivity index is 1.33. The van der Waals surface area contributed by atoms with Gasteiger partial charge >= 0.3 is 0 Å². The van der Waals surface area contributed by atoms with E-state index < -0.39 is 18.5 Å². The van der Waals surface area contributed by atoms with Gasteiger partial charge in [-0.2, -0.15) is 0 Å². The average Bonchev–Trinajstić information content (AvgIpc) is 3.20. The van der Waals surface area contributed by atoms with Crippen LogP contribution in [0.1, 0.15) is 44.0 Å². The lowest BCUT2D eigenvalue weighted by molar-refractivity contribution is -0.143. The molecule has 2 saturated heterocycles. The number of amides is 4. The van der Waals surface area contributed by atoms with Crippen LogP contribution in [-0.4, -0.2) is 59.2 Å². The number of fused-ring (bicyclic) bond motifs is 1. The highest BCUT2D eigenvalue weighted by molar-refractivity contribution is 6.05. The predicted molar refractivity (Wildman–Crippen MR) is 119 cm³/mol. The normalized spacial score (nSPS) is 22.6. The van der Waals surface area contributed by atoms with Crippen molar-refractivity contribution in [3.05, 3.63) is 64.7 Å². The van der Waals surface area contributed by atoms with Gasteiger partial charge in [0.05, 0.1) is 17.3 Å². The molecule has 0 bridgehead atoms. The molecule has 0 aromatic heterocycles. The molecule has 2 unspecified atom stereocenters. The number of nitrogens with one attached hydrogen (secondary N) is 1. The van der Waals surface area contributed by atoms with E-state index in [1.54, 1.807) is 35.2 Å². The van der Waals surface area contributed by atoms with Gasteiger partial charge in [-0.05, 0) is 29.7 Å². The molecule has 3 heterocycles. The second kappa shape index (κ2) is 9.26. The number of benzene rings is 2. The first-order valence-corrected chi connectivity index (χ1v) is 11.0. The van der Waals surface area contributed by atoms with Gasteiger partial charge in [0.2, 0.25) is 17.7 Å². The predicted octanol–water partition coefficient (Wildman–Crippen LogP) is 1.39. The summed E-state index contributed by atoms with van der Waals surface area (Å²) in [5.74, 6) is -1.14. The van der Waals surface area contributed by atoms with Crippen molar-refractivity contribution in [2.45, 2.75) is 38.6 Å². The zero-order valence-corrected chi connectivity index (χ0v) is 18.3. The zero-order chi connectivity index (χ0) is 26.3. The number of morpholine rings is 1. The van der Waals surface area contributed by atoms with Crippen molar-refractivity contribution in [2.75, 3.05) is 19.8 Å². The fraction of sp³-hybridized carbons (Fsp3) is 0.360. The van der Waals surface area contributed by atoms with E-state index in [2.05, 4.69) is 5.32 Å². The van der Waals surface area contributed by atoms with Crippen molar-refractivity contribution >= 4 is 23.6 Å². The number of carbonyl (C=O) groups is 4. The Labute approximate surface area is 200 Å². The lowest BCUT2D eigenvalue weighted by Gasteiger charge is -2.29. The number of ether oxygens (including phenoxy) is 2. The largest absolute Gasteiger partial charge is 0.489 e. The Kier molecular flexibility index (Phi) is 5.09. The van der Waals surface area contributed by atoms with E-state index in [0.29, 0.717) is 29.8 Å². The topological polar surface area (TPSA) is 105 Å². The fourth-order valence-corrected chi connectivity index (χ4v) is 4.30. The summed E-state index contributed by atoms with van der Waals surface area (Å²) < 4.78 is 36.4. The molecule has 2 aromatic rings. The molecule has 5 rings (SSSR count). The number of piperidine rings is 1. The molecule has 1 N–H and O–H groups in total. The Morgan fingerprint density at radius 2 is 1.97 bits per heavy atom. The summed E-state index contributed by atoms with van der Waals surface area (Å²) in [7, 11) is 0. The zero-order valence-electron chi connectivity index (χ0n) is 21.3. The second-order valence-corrected chi connectivity index (χ2v) is 8.35. The molecule has 0 saturated carbocycles. The molecule has 2 aromatic carbocycles. The maximum absolute atomic E-state index is 13.0. The van der Waals surface area contributed by atoms with E-state index in [0.717, 1.165) is 0 Å². The Hall–Kier alpha value is -3.72. The Bertz CT molecular complexity index is 1300. The van der Waals surface area contributed by atoms with Crippen LogP contribution in [0.4, 0.5) is 0 Å². The van der Waals surface area contributed by atoms with E-state index >= 15 is 0 Å². The van der Waals surface area contributed by atoms with Gasteiger partial charge in [-0.15, -0.1) is 0 Å². The van der Waals surface area contributed by atoms with E-state index in [-0.39, 0.29) is 73.7 Å². The Morgan fingerprint density at radius 3 is 2.79 bits per heavy atom. The molecule has 176 valence electrons. The van der Waals surface area contributed by atoms with Gasteiger partial charge in [-0.1, -0.05) is 30.3 Å². The van der Waals surface area contributed by atoms with Crippen LogP contribution in [0.3, 0.4) is 0 Å². The average molecular weight is 467 g/mol. The number of hydrogen-bond donors (Lipinski definition) is 1. The third kappa shape index (κ3) is 4.38. The molecule has 2 atom stereocenters. The van der Waals surface area contributed by atoms with Crippen LogP contribution < -0.4 is 10.1 Å². The van der Waals surface area contributed by atoms with E-state index in [9.17, 15) is 19.2 Å². The molecule has 34 heavy (non-hydrogen) atoms. The third-order valence-electron chi connectivity index (χ3n) is 6.13. The van der Waals surface area contributed by atoms with Crippen molar-refractivity contribution in [3.63, 3.8) is 0 Å². The summed E-state index contributed by atoms with van der Waals surface area (Å²) >= 11 is 0. The standard InChI is InChI=1S/C25H25N3O6/c29-22-9-8-20(24(31)26-22)28-13-19-18(25(28)32)2-1-3-21(19)34-14-17-6-4-16(5-7-17)12-27-10-11-33-15-23(27)30/h1-7,20H,8-15H2,(H,26,29,31)/i4D,6D,14D. The summed E-state index contributed by atoms with van der Waals surface area (Å²) in [6.45, 7) is -0.257. The van der Waals surface area contributed by atoms with E-state index in [1.165, 1.54) is 4.90 Å². The van der Waals surface area contributed by atoms with Gasteiger partial charge in [0.15, 0.2) is 0 Å². The summed E-state index contributed by atoms with van der Waals surface area (Å²) in [5.41, 5.74) is 1.54. The van der Waals surface area contributed by atoms with E-state index in [4.69, 9.17) is 13.6 Å². The van der Waals surface area contributed by atoms with Crippen LogP contribution in [0.15, 0.2) is 42.4 Å². The summed E-state index contributed by atoms with van der Waals surface area (Å²) in [6, 6.07) is 6.98. The maximum atomic E-state index is 13.0. The second-order valence-electron chi connectivity index (χ2n) is 8.35. The molecule has 3 aliphatic rings. The molecule has 3 aliphatic heterocycles. The van der Waals surface area contributed by atoms with Gasteiger partial charge in [0.1, 0.15) is 25.0 Å². The molecule has 9 heteroatoms.